The molecule has 1 saturated carbocycles. The third kappa shape index (κ3) is 3.00. The Morgan fingerprint density at radius 2 is 2.08 bits per heavy atom. The van der Waals surface area contributed by atoms with Crippen molar-refractivity contribution in [2.45, 2.75) is 52.0 Å². The Balaban J connectivity index is 1.85. The molecule has 8 nitrogen and oxygen atoms in total. The van der Waals surface area contributed by atoms with Crippen LogP contribution in [0.25, 0.3) is 11.0 Å². The second-order valence-corrected chi connectivity index (χ2v) is 6.43. The normalized spacial score (nSPS) is 16.5. The van der Waals surface area contributed by atoms with Crippen molar-refractivity contribution in [1.82, 2.24) is 25.3 Å². The Bertz CT molecular complexity index is 756. The maximum absolute atomic E-state index is 12.8. The maximum Gasteiger partial charge on any atom is 0.248 e. The van der Waals surface area contributed by atoms with Crippen LogP contribution in [0.1, 0.15) is 45.2 Å². The third-order valence-electron chi connectivity index (χ3n) is 4.71. The van der Waals surface area contributed by atoms with Gasteiger partial charge in [0.1, 0.15) is 11.9 Å². The van der Waals surface area contributed by atoms with E-state index in [9.17, 15) is 9.59 Å². The number of aromatic amines is 1. The number of H-pyrrole nitrogens is 1. The van der Waals surface area contributed by atoms with Crippen molar-refractivity contribution in [2.75, 3.05) is 5.32 Å². The standard InChI is InChI=1S/C16H24N6O2/c1-4-11-12-14(19-20-15(12)22(3)21-11)18-16(24)13(17-9(2)23)10-7-5-6-8-10/h10,13H,4-8H2,1-3H3,(H,17,23)(H2,18,19,20,24). The van der Waals surface area contributed by atoms with Crippen LogP contribution in [0.3, 0.4) is 0 Å². The summed E-state index contributed by atoms with van der Waals surface area (Å²) in [6.45, 7) is 3.46. The summed E-state index contributed by atoms with van der Waals surface area (Å²) in [4.78, 5) is 24.3. The van der Waals surface area contributed by atoms with Crippen molar-refractivity contribution in [1.29, 1.82) is 0 Å². The van der Waals surface area contributed by atoms with E-state index in [0.29, 0.717) is 11.5 Å². The summed E-state index contributed by atoms with van der Waals surface area (Å²) < 4.78 is 1.70. The molecule has 3 rings (SSSR count). The number of rotatable bonds is 5. The van der Waals surface area contributed by atoms with Gasteiger partial charge in [0.25, 0.3) is 0 Å². The van der Waals surface area contributed by atoms with Gasteiger partial charge >= 0.3 is 0 Å². The van der Waals surface area contributed by atoms with Gasteiger partial charge in [0.05, 0.1) is 11.1 Å². The van der Waals surface area contributed by atoms with Crippen molar-refractivity contribution in [3.63, 3.8) is 0 Å². The van der Waals surface area contributed by atoms with Gasteiger partial charge in [-0.05, 0) is 25.2 Å². The summed E-state index contributed by atoms with van der Waals surface area (Å²) in [6, 6.07) is -0.509. The summed E-state index contributed by atoms with van der Waals surface area (Å²) in [5.41, 5.74) is 1.59. The molecule has 0 aromatic carbocycles. The van der Waals surface area contributed by atoms with E-state index < -0.39 is 6.04 Å². The Morgan fingerprint density at radius 3 is 2.71 bits per heavy atom. The largest absolute Gasteiger partial charge is 0.344 e. The third-order valence-corrected chi connectivity index (χ3v) is 4.71. The fraction of sp³-hybridized carbons (Fsp3) is 0.625. The van der Waals surface area contributed by atoms with Crippen LogP contribution < -0.4 is 10.6 Å². The van der Waals surface area contributed by atoms with Gasteiger partial charge in [0.2, 0.25) is 11.8 Å². The second kappa shape index (κ2) is 6.62. The lowest BCUT2D eigenvalue weighted by Crippen LogP contribution is -2.47. The van der Waals surface area contributed by atoms with Gasteiger partial charge in [-0.25, -0.2) is 4.68 Å². The van der Waals surface area contributed by atoms with E-state index in [1.165, 1.54) is 6.92 Å². The highest BCUT2D eigenvalue weighted by Gasteiger charge is 2.32. The number of fused-ring (bicyclic) bond motifs is 1. The lowest BCUT2D eigenvalue weighted by molar-refractivity contribution is -0.126. The lowest BCUT2D eigenvalue weighted by atomic mass is 9.97. The van der Waals surface area contributed by atoms with Crippen LogP contribution >= 0.6 is 0 Å². The zero-order chi connectivity index (χ0) is 17.3. The van der Waals surface area contributed by atoms with Crippen molar-refractivity contribution in [3.05, 3.63) is 5.69 Å². The highest BCUT2D eigenvalue weighted by atomic mass is 16.2. The van der Waals surface area contributed by atoms with Crippen LogP contribution in [-0.4, -0.2) is 37.8 Å². The summed E-state index contributed by atoms with van der Waals surface area (Å²) >= 11 is 0. The lowest BCUT2D eigenvalue weighted by Gasteiger charge is -2.22. The van der Waals surface area contributed by atoms with Gasteiger partial charge < -0.3 is 10.6 Å². The fourth-order valence-corrected chi connectivity index (χ4v) is 3.56. The summed E-state index contributed by atoms with van der Waals surface area (Å²) in [7, 11) is 1.83. The van der Waals surface area contributed by atoms with Gasteiger partial charge in [0.15, 0.2) is 5.65 Å². The average molecular weight is 332 g/mol. The molecule has 1 aliphatic rings. The number of hydrogen-bond acceptors (Lipinski definition) is 4. The van der Waals surface area contributed by atoms with Crippen LogP contribution in [0.2, 0.25) is 0 Å². The summed E-state index contributed by atoms with van der Waals surface area (Å²) in [6.07, 6.45) is 4.88. The predicted octanol–water partition coefficient (Wildman–Crippen LogP) is 1.49. The molecule has 2 aromatic rings. The van der Waals surface area contributed by atoms with E-state index >= 15 is 0 Å². The van der Waals surface area contributed by atoms with E-state index in [2.05, 4.69) is 25.9 Å². The monoisotopic (exact) mass is 332 g/mol. The SMILES string of the molecule is CCc1nn(C)c2n[nH]c(NC(=O)C(NC(C)=O)C3CCCC3)c12. The number of amides is 2. The molecule has 0 bridgehead atoms. The van der Waals surface area contributed by atoms with E-state index in [4.69, 9.17) is 0 Å². The number of aryl methyl sites for hydroxylation is 2. The van der Waals surface area contributed by atoms with Crippen LogP contribution in [-0.2, 0) is 23.1 Å². The molecule has 2 aromatic heterocycles. The molecule has 2 amide bonds. The Labute approximate surface area is 140 Å². The van der Waals surface area contributed by atoms with E-state index in [1.807, 2.05) is 14.0 Å². The number of carbonyl (C=O) groups excluding carboxylic acids is 2. The molecule has 1 unspecified atom stereocenters. The fourth-order valence-electron chi connectivity index (χ4n) is 3.56. The van der Waals surface area contributed by atoms with Gasteiger partial charge in [-0.3, -0.25) is 14.7 Å². The first kappa shape index (κ1) is 16.5. The number of nitrogens with zero attached hydrogens (tertiary/aromatic N) is 3. The highest BCUT2D eigenvalue weighted by molar-refractivity contribution is 6.03. The van der Waals surface area contributed by atoms with Gasteiger partial charge in [-0.1, -0.05) is 19.8 Å². The Hall–Kier alpha value is -2.38. The molecule has 0 saturated heterocycles. The smallest absolute Gasteiger partial charge is 0.248 e. The molecule has 3 N–H and O–H groups in total. The Kier molecular flexibility index (Phi) is 4.55. The maximum atomic E-state index is 12.8. The molecule has 8 heteroatoms. The number of nitrogens with one attached hydrogen (secondary N) is 3. The molecule has 24 heavy (non-hydrogen) atoms. The molecule has 130 valence electrons. The first-order valence-electron chi connectivity index (χ1n) is 8.49. The molecular formula is C16H24N6O2. The van der Waals surface area contributed by atoms with Gasteiger partial charge in [0, 0.05) is 14.0 Å². The van der Waals surface area contributed by atoms with Crippen molar-refractivity contribution in [2.24, 2.45) is 13.0 Å². The number of carbonyl (C=O) groups is 2. The summed E-state index contributed by atoms with van der Waals surface area (Å²) in [5, 5.41) is 18.1. The highest BCUT2D eigenvalue weighted by Crippen LogP contribution is 2.29. The van der Waals surface area contributed by atoms with E-state index in [1.54, 1.807) is 4.68 Å². The summed E-state index contributed by atoms with van der Waals surface area (Å²) in [5.74, 6) is 0.348. The molecule has 2 heterocycles. The van der Waals surface area contributed by atoms with Crippen LogP contribution in [0, 0.1) is 5.92 Å². The first-order valence-corrected chi connectivity index (χ1v) is 8.49. The van der Waals surface area contributed by atoms with Crippen molar-refractivity contribution >= 4 is 28.7 Å². The molecule has 0 aliphatic heterocycles. The molecule has 1 aliphatic carbocycles. The number of aromatic nitrogens is 4. The topological polar surface area (TPSA) is 105 Å². The van der Waals surface area contributed by atoms with E-state index in [0.717, 1.165) is 43.2 Å². The van der Waals surface area contributed by atoms with Crippen molar-refractivity contribution < 1.29 is 9.59 Å². The zero-order valence-corrected chi connectivity index (χ0v) is 14.3. The zero-order valence-electron chi connectivity index (χ0n) is 14.3. The van der Waals surface area contributed by atoms with Crippen molar-refractivity contribution in [3.8, 4) is 0 Å². The van der Waals surface area contributed by atoms with Gasteiger partial charge in [-0.2, -0.15) is 10.2 Å². The average Bonchev–Trinajstić information content (AvgIpc) is 3.24. The molecule has 1 atom stereocenters. The second-order valence-electron chi connectivity index (χ2n) is 6.43. The van der Waals surface area contributed by atoms with Crippen LogP contribution in [0.15, 0.2) is 0 Å². The first-order chi connectivity index (χ1) is 11.5. The quantitative estimate of drug-likeness (QED) is 0.771. The van der Waals surface area contributed by atoms with Gasteiger partial charge in [-0.15, -0.1) is 0 Å². The molecular weight excluding hydrogens is 308 g/mol. The predicted molar refractivity (Wildman–Crippen MR) is 90.4 cm³/mol. The minimum Gasteiger partial charge on any atom is -0.344 e. The molecule has 0 spiro atoms. The number of hydrogen-bond donors (Lipinski definition) is 3. The molecule has 0 radical (unpaired) electrons. The minimum atomic E-state index is -0.509. The van der Waals surface area contributed by atoms with E-state index in [-0.39, 0.29) is 17.7 Å². The molecule has 1 fully saturated rings. The van der Waals surface area contributed by atoms with Crippen LogP contribution in [0.4, 0.5) is 5.82 Å². The Morgan fingerprint density at radius 1 is 1.38 bits per heavy atom. The van der Waals surface area contributed by atoms with Crippen LogP contribution in [0.5, 0.6) is 0 Å². The number of anilines is 1. The minimum absolute atomic E-state index is 0.187.